The van der Waals surface area contributed by atoms with E-state index in [0.717, 1.165) is 74.6 Å². The lowest BCUT2D eigenvalue weighted by Crippen LogP contribution is -2.38. The summed E-state index contributed by atoms with van der Waals surface area (Å²) in [6, 6.07) is 3.04. The molecule has 1 fully saturated rings. The third-order valence-electron chi connectivity index (χ3n) is 7.09. The number of benzene rings is 1. The Kier molecular flexibility index (Phi) is 4.86. The van der Waals surface area contributed by atoms with E-state index in [0.29, 0.717) is 5.69 Å². The number of rotatable bonds is 5. The Morgan fingerprint density at radius 2 is 1.71 bits per heavy atom. The molecule has 0 bridgehead atoms. The summed E-state index contributed by atoms with van der Waals surface area (Å²) in [5, 5.41) is 6.85. The molecule has 1 aromatic heterocycles. The van der Waals surface area contributed by atoms with E-state index in [9.17, 15) is 13.2 Å². The molecule has 8 nitrogen and oxygen atoms in total. The van der Waals surface area contributed by atoms with Gasteiger partial charge in [0.1, 0.15) is 5.60 Å². The Balaban J connectivity index is 1.38. The van der Waals surface area contributed by atoms with Crippen molar-refractivity contribution in [1.82, 2.24) is 14.5 Å². The largest absolute Gasteiger partial charge is 0.372 e. The lowest BCUT2D eigenvalue weighted by Gasteiger charge is -2.40. The minimum atomic E-state index is -4.11. The first kappa shape index (κ1) is 20.5. The third kappa shape index (κ3) is 3.34. The number of aryl methyl sites for hydroxylation is 3. The van der Waals surface area contributed by atoms with Crippen LogP contribution in [0.25, 0.3) is 0 Å². The molecule has 2 aromatic rings. The summed E-state index contributed by atoms with van der Waals surface area (Å²) in [4.78, 5) is 12.8. The van der Waals surface area contributed by atoms with Crippen molar-refractivity contribution in [1.29, 1.82) is 0 Å². The second kappa shape index (κ2) is 7.34. The molecule has 3 aliphatic rings. The average Bonchev–Trinajstić information content (AvgIpc) is 3.41. The van der Waals surface area contributed by atoms with Crippen LogP contribution in [0.2, 0.25) is 0 Å². The van der Waals surface area contributed by atoms with Crippen molar-refractivity contribution < 1.29 is 17.9 Å². The van der Waals surface area contributed by atoms with E-state index in [1.165, 1.54) is 21.9 Å². The van der Waals surface area contributed by atoms with Gasteiger partial charge in [-0.1, -0.05) is 6.07 Å². The van der Waals surface area contributed by atoms with Gasteiger partial charge in [0.2, 0.25) is 0 Å². The molecule has 31 heavy (non-hydrogen) atoms. The molecule has 0 spiro atoms. The molecule has 2 N–H and O–H groups in total. The number of aromatic nitrogens is 2. The number of hydrogen-bond donors (Lipinski definition) is 2. The quantitative estimate of drug-likeness (QED) is 0.738. The van der Waals surface area contributed by atoms with Crippen LogP contribution in [0.5, 0.6) is 0 Å². The number of sulfonamides is 1. The predicted molar refractivity (Wildman–Crippen MR) is 116 cm³/mol. The van der Waals surface area contributed by atoms with E-state index < -0.39 is 21.7 Å². The highest BCUT2D eigenvalue weighted by Gasteiger charge is 2.42. The SMILES string of the molecule is COC1(c2cc(S(=O)(=O)NC(=O)Nc3c4c(cc5c3CCC5)CCC4)nn2C)CCC1. The van der Waals surface area contributed by atoms with Gasteiger partial charge in [0.15, 0.2) is 5.03 Å². The molecule has 1 aromatic carbocycles. The molecule has 0 radical (unpaired) electrons. The number of nitrogens with zero attached hydrogens (tertiary/aromatic N) is 2. The van der Waals surface area contributed by atoms with Gasteiger partial charge in [-0.2, -0.15) is 13.5 Å². The first-order valence-corrected chi connectivity index (χ1v) is 12.4. The van der Waals surface area contributed by atoms with E-state index in [4.69, 9.17) is 4.74 Å². The first-order chi connectivity index (χ1) is 14.8. The molecule has 1 heterocycles. The number of methoxy groups -OCH3 is 1. The van der Waals surface area contributed by atoms with Gasteiger partial charge in [0.25, 0.3) is 10.0 Å². The van der Waals surface area contributed by atoms with E-state index >= 15 is 0 Å². The van der Waals surface area contributed by atoms with Crippen LogP contribution in [0, 0.1) is 0 Å². The number of anilines is 1. The molecule has 0 saturated heterocycles. The van der Waals surface area contributed by atoms with Gasteiger partial charge in [0, 0.05) is 25.9 Å². The molecule has 2 amide bonds. The molecule has 3 aliphatic carbocycles. The Hall–Kier alpha value is -2.39. The van der Waals surface area contributed by atoms with E-state index in [-0.39, 0.29) is 5.03 Å². The van der Waals surface area contributed by atoms with Crippen molar-refractivity contribution in [2.24, 2.45) is 7.05 Å². The van der Waals surface area contributed by atoms with Crippen LogP contribution in [0.3, 0.4) is 0 Å². The zero-order valence-corrected chi connectivity index (χ0v) is 18.8. The van der Waals surface area contributed by atoms with Crippen LogP contribution in [0.4, 0.5) is 10.5 Å². The highest BCUT2D eigenvalue weighted by molar-refractivity contribution is 7.90. The van der Waals surface area contributed by atoms with Gasteiger partial charge < -0.3 is 10.1 Å². The maximum atomic E-state index is 12.9. The molecule has 5 rings (SSSR count). The molecule has 9 heteroatoms. The fourth-order valence-corrected chi connectivity index (χ4v) is 6.24. The van der Waals surface area contributed by atoms with Gasteiger partial charge in [-0.05, 0) is 80.0 Å². The minimum Gasteiger partial charge on any atom is -0.372 e. The van der Waals surface area contributed by atoms with Crippen LogP contribution >= 0.6 is 0 Å². The maximum Gasteiger partial charge on any atom is 0.333 e. The average molecular weight is 445 g/mol. The van der Waals surface area contributed by atoms with Crippen LogP contribution in [0.1, 0.15) is 60.1 Å². The summed E-state index contributed by atoms with van der Waals surface area (Å²) in [5.74, 6) is 0. The second-order valence-electron chi connectivity index (χ2n) is 8.84. The summed E-state index contributed by atoms with van der Waals surface area (Å²) >= 11 is 0. The maximum absolute atomic E-state index is 12.9. The predicted octanol–water partition coefficient (Wildman–Crippen LogP) is 2.93. The van der Waals surface area contributed by atoms with E-state index in [1.54, 1.807) is 14.2 Å². The number of nitrogens with one attached hydrogen (secondary N) is 2. The molecule has 0 aliphatic heterocycles. The van der Waals surface area contributed by atoms with Crippen molar-refractivity contribution in [3.8, 4) is 0 Å². The number of hydrogen-bond acceptors (Lipinski definition) is 5. The lowest BCUT2D eigenvalue weighted by molar-refractivity contribution is -0.0836. The Morgan fingerprint density at radius 3 is 2.26 bits per heavy atom. The second-order valence-corrected chi connectivity index (χ2v) is 10.5. The Bertz CT molecular complexity index is 1130. The molecule has 166 valence electrons. The molecular weight excluding hydrogens is 416 g/mol. The highest BCUT2D eigenvalue weighted by Crippen LogP contribution is 2.44. The topological polar surface area (TPSA) is 102 Å². The summed E-state index contributed by atoms with van der Waals surface area (Å²) in [5.41, 5.74) is 5.88. The fourth-order valence-electron chi connectivity index (χ4n) is 5.34. The lowest BCUT2D eigenvalue weighted by atomic mass is 9.77. The van der Waals surface area contributed by atoms with Crippen LogP contribution in [-0.2, 0) is 53.1 Å². The Labute approximate surface area is 182 Å². The van der Waals surface area contributed by atoms with E-state index in [2.05, 4.69) is 21.2 Å². The zero-order chi connectivity index (χ0) is 21.8. The first-order valence-electron chi connectivity index (χ1n) is 10.9. The summed E-state index contributed by atoms with van der Waals surface area (Å²) in [6.07, 6.45) is 8.62. The normalized spacial score (nSPS) is 18.9. The van der Waals surface area contributed by atoms with Crippen LogP contribution < -0.4 is 10.0 Å². The molecule has 0 unspecified atom stereocenters. The number of urea groups is 1. The van der Waals surface area contributed by atoms with Gasteiger partial charge >= 0.3 is 6.03 Å². The summed E-state index contributed by atoms with van der Waals surface area (Å²) in [6.45, 7) is 0. The Morgan fingerprint density at radius 1 is 1.06 bits per heavy atom. The van der Waals surface area contributed by atoms with Crippen LogP contribution in [-0.4, -0.2) is 31.3 Å². The van der Waals surface area contributed by atoms with E-state index in [1.807, 2.05) is 0 Å². The standard InChI is InChI=1S/C22H28N4O4S/c1-26-18(22(30-2)10-5-11-22)13-19(24-26)31(28,29)25-21(27)23-20-16-8-3-6-14(16)12-15-7-4-9-17(15)20/h12-13H,3-11H2,1-2H3,(H2,23,25,27). The monoisotopic (exact) mass is 444 g/mol. The summed E-state index contributed by atoms with van der Waals surface area (Å²) in [7, 11) is -0.785. The highest BCUT2D eigenvalue weighted by atomic mass is 32.2. The molecule has 0 atom stereocenters. The number of ether oxygens (including phenoxy) is 1. The van der Waals surface area contributed by atoms with Crippen molar-refractivity contribution in [2.45, 2.75) is 68.4 Å². The number of carbonyl (C=O) groups is 1. The van der Waals surface area contributed by atoms with Gasteiger partial charge in [-0.25, -0.2) is 9.52 Å². The van der Waals surface area contributed by atoms with Crippen LogP contribution in [0.15, 0.2) is 17.2 Å². The number of amides is 2. The van der Waals surface area contributed by atoms with Gasteiger partial charge in [0.05, 0.1) is 5.69 Å². The third-order valence-corrected chi connectivity index (χ3v) is 8.29. The number of fused-ring (bicyclic) bond motifs is 2. The van der Waals surface area contributed by atoms with Crippen molar-refractivity contribution in [3.63, 3.8) is 0 Å². The summed E-state index contributed by atoms with van der Waals surface area (Å²) < 4.78 is 35.1. The van der Waals surface area contributed by atoms with Gasteiger partial charge in [-0.3, -0.25) is 4.68 Å². The fraction of sp³-hybridized carbons (Fsp3) is 0.545. The van der Waals surface area contributed by atoms with Gasteiger partial charge in [-0.15, -0.1) is 0 Å². The van der Waals surface area contributed by atoms with Crippen molar-refractivity contribution in [2.75, 3.05) is 12.4 Å². The molecular formula is C22H28N4O4S. The smallest absolute Gasteiger partial charge is 0.333 e. The van der Waals surface area contributed by atoms with Crippen molar-refractivity contribution >= 4 is 21.7 Å². The zero-order valence-electron chi connectivity index (χ0n) is 18.0. The van der Waals surface area contributed by atoms with Crippen molar-refractivity contribution in [3.05, 3.63) is 40.1 Å². The molecule has 1 saturated carbocycles. The number of carbonyl (C=O) groups excluding carboxylic acids is 1. The minimum absolute atomic E-state index is 0.174.